The van der Waals surface area contributed by atoms with Crippen LogP contribution in [0, 0.1) is 35.8 Å². The maximum absolute atomic E-state index is 12.5. The summed E-state index contributed by atoms with van der Waals surface area (Å²) in [4.78, 5) is 25.6. The van der Waals surface area contributed by atoms with Gasteiger partial charge in [-0.1, -0.05) is 38.1 Å². The van der Waals surface area contributed by atoms with E-state index in [-0.39, 0.29) is 18.1 Å². The van der Waals surface area contributed by atoms with Crippen LogP contribution in [0.25, 0.3) is 0 Å². The highest BCUT2D eigenvalue weighted by Crippen LogP contribution is 2.24. The molecule has 0 saturated carbocycles. The third-order valence-electron chi connectivity index (χ3n) is 5.75. The van der Waals surface area contributed by atoms with Gasteiger partial charge < -0.3 is 5.32 Å². The fraction of sp³-hybridized carbons (Fsp3) is 0.545. The summed E-state index contributed by atoms with van der Waals surface area (Å²) in [5.74, 6) is 1.18. The predicted octanol–water partition coefficient (Wildman–Crippen LogP) is 3.20. The molecule has 3 rings (SSSR count). The van der Waals surface area contributed by atoms with E-state index in [4.69, 9.17) is 0 Å². The van der Waals surface area contributed by atoms with Gasteiger partial charge in [0.2, 0.25) is 5.91 Å². The van der Waals surface area contributed by atoms with E-state index in [0.717, 1.165) is 25.2 Å². The van der Waals surface area contributed by atoms with Crippen LogP contribution in [0.15, 0.2) is 24.3 Å². The Balaban J connectivity index is 1.62. The minimum atomic E-state index is -0.454. The minimum Gasteiger partial charge on any atom is -0.350 e. The average molecular weight is 414 g/mol. The molecule has 1 amide bonds. The molecule has 0 radical (unpaired) electrons. The molecule has 162 valence electrons. The molecule has 30 heavy (non-hydrogen) atoms. The molecule has 1 aromatic heterocycles. The number of piperidine rings is 1. The van der Waals surface area contributed by atoms with Gasteiger partial charge in [-0.3, -0.25) is 24.5 Å². The van der Waals surface area contributed by atoms with Crippen LogP contribution in [0.2, 0.25) is 0 Å². The maximum atomic E-state index is 12.5. The summed E-state index contributed by atoms with van der Waals surface area (Å²) in [5.41, 5.74) is 3.00. The van der Waals surface area contributed by atoms with Gasteiger partial charge in [0.1, 0.15) is 17.9 Å². The van der Waals surface area contributed by atoms with Crippen LogP contribution in [0.4, 0.5) is 5.69 Å². The Morgan fingerprint density at radius 3 is 2.43 bits per heavy atom. The number of nitrogens with zero attached hydrogens (tertiary/aromatic N) is 4. The van der Waals surface area contributed by atoms with Gasteiger partial charge in [0.25, 0.3) is 0 Å². The molecule has 2 aromatic rings. The molecule has 0 bridgehead atoms. The van der Waals surface area contributed by atoms with E-state index in [0.29, 0.717) is 29.8 Å². The van der Waals surface area contributed by atoms with Crippen molar-refractivity contribution in [3.63, 3.8) is 0 Å². The molecule has 1 aliphatic heterocycles. The van der Waals surface area contributed by atoms with Crippen LogP contribution >= 0.6 is 0 Å². The number of amides is 1. The number of hydrogen-bond acceptors (Lipinski definition) is 5. The van der Waals surface area contributed by atoms with E-state index in [1.165, 1.54) is 16.7 Å². The van der Waals surface area contributed by atoms with E-state index >= 15 is 0 Å². The van der Waals surface area contributed by atoms with Crippen molar-refractivity contribution in [2.75, 3.05) is 13.1 Å². The summed E-state index contributed by atoms with van der Waals surface area (Å²) < 4.78 is 1.39. The summed E-state index contributed by atoms with van der Waals surface area (Å²) in [5, 5.41) is 18.2. The van der Waals surface area contributed by atoms with Crippen LogP contribution in [0.5, 0.6) is 0 Å². The monoisotopic (exact) mass is 413 g/mol. The van der Waals surface area contributed by atoms with Crippen molar-refractivity contribution in [1.29, 1.82) is 0 Å². The van der Waals surface area contributed by atoms with Gasteiger partial charge in [0.15, 0.2) is 0 Å². The van der Waals surface area contributed by atoms with Crippen molar-refractivity contribution in [3.05, 3.63) is 56.9 Å². The van der Waals surface area contributed by atoms with Crippen molar-refractivity contribution in [1.82, 2.24) is 20.0 Å². The van der Waals surface area contributed by atoms with Gasteiger partial charge in [-0.15, -0.1) is 0 Å². The number of carbonyl (C=O) groups excluding carboxylic acids is 1. The number of benzene rings is 1. The Bertz CT molecular complexity index is 913. The minimum absolute atomic E-state index is 0.0295. The van der Waals surface area contributed by atoms with Gasteiger partial charge in [-0.2, -0.15) is 5.10 Å². The molecule has 1 saturated heterocycles. The standard InChI is InChI=1S/C22H31N5O3/c1-15-9-16(2)12-25(11-15)13-20-8-6-5-7-19(20)10-23-21(28)14-26-18(4)22(27(29)30)17(3)24-26/h5-8,15-16H,9-14H2,1-4H3,(H,23,28)/t15-,16-/m1/s1. The summed E-state index contributed by atoms with van der Waals surface area (Å²) in [7, 11) is 0. The van der Waals surface area contributed by atoms with Gasteiger partial charge in [-0.05, 0) is 43.2 Å². The quantitative estimate of drug-likeness (QED) is 0.556. The Morgan fingerprint density at radius 2 is 1.83 bits per heavy atom. The lowest BCUT2D eigenvalue weighted by Crippen LogP contribution is -2.38. The summed E-state index contributed by atoms with van der Waals surface area (Å²) in [6.45, 7) is 11.3. The summed E-state index contributed by atoms with van der Waals surface area (Å²) in [6.07, 6.45) is 1.28. The second-order valence-corrected chi connectivity index (χ2v) is 8.62. The smallest absolute Gasteiger partial charge is 0.312 e. The molecule has 1 aliphatic rings. The van der Waals surface area contributed by atoms with Crippen molar-refractivity contribution in [3.8, 4) is 0 Å². The fourth-order valence-electron chi connectivity index (χ4n) is 4.54. The molecule has 8 heteroatoms. The van der Waals surface area contributed by atoms with Crippen molar-refractivity contribution in [2.45, 2.75) is 53.8 Å². The first kappa shape index (κ1) is 22.0. The zero-order valence-electron chi connectivity index (χ0n) is 18.2. The van der Waals surface area contributed by atoms with E-state index < -0.39 is 4.92 Å². The van der Waals surface area contributed by atoms with Gasteiger partial charge in [0, 0.05) is 26.2 Å². The normalized spacial score (nSPS) is 19.6. The number of nitrogens with one attached hydrogen (secondary N) is 1. The number of carbonyl (C=O) groups is 1. The van der Waals surface area contributed by atoms with Crippen LogP contribution < -0.4 is 5.32 Å². The molecule has 1 N–H and O–H groups in total. The molecule has 2 heterocycles. The predicted molar refractivity (Wildman–Crippen MR) is 115 cm³/mol. The van der Waals surface area contributed by atoms with Gasteiger partial charge >= 0.3 is 5.69 Å². The molecule has 8 nitrogen and oxygen atoms in total. The van der Waals surface area contributed by atoms with Gasteiger partial charge in [0.05, 0.1) is 4.92 Å². The second kappa shape index (κ2) is 9.38. The Kier molecular flexibility index (Phi) is 6.87. The van der Waals surface area contributed by atoms with E-state index in [2.05, 4.69) is 35.2 Å². The van der Waals surface area contributed by atoms with Crippen molar-refractivity contribution in [2.24, 2.45) is 11.8 Å². The molecule has 2 atom stereocenters. The Labute approximate surface area is 177 Å². The molecule has 1 fully saturated rings. The number of nitro groups is 1. The highest BCUT2D eigenvalue weighted by atomic mass is 16.6. The number of rotatable bonds is 7. The molecule has 0 unspecified atom stereocenters. The van der Waals surface area contributed by atoms with Crippen LogP contribution in [-0.2, 0) is 24.4 Å². The first-order valence-corrected chi connectivity index (χ1v) is 10.5. The van der Waals surface area contributed by atoms with Crippen LogP contribution in [0.3, 0.4) is 0 Å². The highest BCUT2D eigenvalue weighted by molar-refractivity contribution is 5.75. The molecule has 0 aliphatic carbocycles. The summed E-state index contributed by atoms with van der Waals surface area (Å²) in [6, 6.07) is 8.18. The number of aromatic nitrogens is 2. The van der Waals surface area contributed by atoms with Crippen LogP contribution in [-0.4, -0.2) is 38.6 Å². The van der Waals surface area contributed by atoms with Gasteiger partial charge in [-0.25, -0.2) is 0 Å². The largest absolute Gasteiger partial charge is 0.350 e. The molecule has 0 spiro atoms. The Hall–Kier alpha value is -2.74. The van der Waals surface area contributed by atoms with Crippen molar-refractivity contribution >= 4 is 11.6 Å². The lowest BCUT2D eigenvalue weighted by Gasteiger charge is -2.35. The maximum Gasteiger partial charge on any atom is 0.312 e. The lowest BCUT2D eigenvalue weighted by molar-refractivity contribution is -0.386. The topological polar surface area (TPSA) is 93.3 Å². The number of aryl methyl sites for hydroxylation is 1. The average Bonchev–Trinajstić information content (AvgIpc) is 2.93. The van der Waals surface area contributed by atoms with E-state index in [9.17, 15) is 14.9 Å². The SMILES string of the molecule is Cc1nn(CC(=O)NCc2ccccc2CN2C[C@H](C)C[C@@H](C)C2)c(C)c1[N+](=O)[O-]. The summed E-state index contributed by atoms with van der Waals surface area (Å²) >= 11 is 0. The fourth-order valence-corrected chi connectivity index (χ4v) is 4.54. The van der Waals surface area contributed by atoms with Crippen LogP contribution in [0.1, 0.15) is 42.8 Å². The lowest BCUT2D eigenvalue weighted by atomic mass is 9.91. The number of likely N-dealkylation sites (tertiary alicyclic amines) is 1. The zero-order chi connectivity index (χ0) is 21.8. The first-order valence-electron chi connectivity index (χ1n) is 10.5. The van der Waals surface area contributed by atoms with Crippen molar-refractivity contribution < 1.29 is 9.72 Å². The third-order valence-corrected chi connectivity index (χ3v) is 5.75. The third kappa shape index (κ3) is 5.24. The zero-order valence-corrected chi connectivity index (χ0v) is 18.2. The number of hydrogen-bond donors (Lipinski definition) is 1. The Morgan fingerprint density at radius 1 is 1.20 bits per heavy atom. The first-order chi connectivity index (χ1) is 14.2. The second-order valence-electron chi connectivity index (χ2n) is 8.62. The molecular formula is C22H31N5O3. The highest BCUT2D eigenvalue weighted by Gasteiger charge is 2.24. The van der Waals surface area contributed by atoms with E-state index in [1.807, 2.05) is 18.2 Å². The van der Waals surface area contributed by atoms with E-state index in [1.54, 1.807) is 13.8 Å². The molecule has 1 aromatic carbocycles. The molecular weight excluding hydrogens is 382 g/mol.